The first-order valence-electron chi connectivity index (χ1n) is 8.61. The number of halogens is 1. The number of amides is 1. The standard InChI is InChI=1S/C22H19BrN2O3/c1-15-2-4-16(5-3-15)14-28-20-9-6-17(7-10-20)22(27)25-24-13-18-12-19(23)8-11-21(18)26/h2-13,26H,14H2,1H3,(H,25,27)/b24-13+. The van der Waals surface area contributed by atoms with E-state index in [9.17, 15) is 9.90 Å². The van der Waals surface area contributed by atoms with Crippen molar-refractivity contribution in [1.29, 1.82) is 0 Å². The number of nitrogens with zero attached hydrogens (tertiary/aromatic N) is 1. The van der Waals surface area contributed by atoms with Crippen LogP contribution in [0.4, 0.5) is 0 Å². The smallest absolute Gasteiger partial charge is 0.271 e. The molecule has 0 heterocycles. The van der Waals surface area contributed by atoms with Gasteiger partial charge in [0, 0.05) is 15.6 Å². The molecule has 6 heteroatoms. The van der Waals surface area contributed by atoms with Gasteiger partial charge in [-0.3, -0.25) is 4.79 Å². The van der Waals surface area contributed by atoms with Gasteiger partial charge in [0.05, 0.1) is 6.21 Å². The molecule has 0 saturated carbocycles. The Morgan fingerprint density at radius 1 is 1.11 bits per heavy atom. The van der Waals surface area contributed by atoms with E-state index in [0.29, 0.717) is 23.5 Å². The summed E-state index contributed by atoms with van der Waals surface area (Å²) >= 11 is 3.32. The van der Waals surface area contributed by atoms with Crippen LogP contribution in [-0.2, 0) is 6.61 Å². The van der Waals surface area contributed by atoms with Crippen molar-refractivity contribution in [3.05, 3.63) is 93.5 Å². The first kappa shape index (κ1) is 19.6. The van der Waals surface area contributed by atoms with Crippen molar-refractivity contribution in [1.82, 2.24) is 5.43 Å². The first-order chi connectivity index (χ1) is 13.5. The maximum atomic E-state index is 12.2. The highest BCUT2D eigenvalue weighted by atomic mass is 79.9. The molecule has 0 fully saturated rings. The Balaban J connectivity index is 1.55. The van der Waals surface area contributed by atoms with Crippen molar-refractivity contribution in [2.24, 2.45) is 5.10 Å². The number of rotatable bonds is 6. The van der Waals surface area contributed by atoms with E-state index in [-0.39, 0.29) is 11.7 Å². The molecule has 28 heavy (non-hydrogen) atoms. The van der Waals surface area contributed by atoms with Gasteiger partial charge in [0.15, 0.2) is 0 Å². The predicted molar refractivity (Wildman–Crippen MR) is 113 cm³/mol. The molecule has 0 spiro atoms. The maximum Gasteiger partial charge on any atom is 0.271 e. The molecule has 0 aliphatic rings. The minimum atomic E-state index is -0.351. The molecule has 3 aromatic rings. The van der Waals surface area contributed by atoms with Gasteiger partial charge in [-0.2, -0.15) is 5.10 Å². The minimum Gasteiger partial charge on any atom is -0.507 e. The van der Waals surface area contributed by atoms with Gasteiger partial charge < -0.3 is 9.84 Å². The van der Waals surface area contributed by atoms with Crippen LogP contribution in [0.15, 0.2) is 76.3 Å². The molecule has 3 aromatic carbocycles. The van der Waals surface area contributed by atoms with Gasteiger partial charge in [-0.15, -0.1) is 0 Å². The Bertz CT molecular complexity index is 984. The molecule has 0 radical (unpaired) electrons. The van der Waals surface area contributed by atoms with Crippen LogP contribution in [0, 0.1) is 6.92 Å². The van der Waals surface area contributed by atoms with Gasteiger partial charge >= 0.3 is 0 Å². The summed E-state index contributed by atoms with van der Waals surface area (Å²) in [6.07, 6.45) is 1.39. The summed E-state index contributed by atoms with van der Waals surface area (Å²) in [7, 11) is 0. The van der Waals surface area contributed by atoms with Crippen LogP contribution in [0.5, 0.6) is 11.5 Å². The van der Waals surface area contributed by atoms with E-state index < -0.39 is 0 Å². The average Bonchev–Trinajstić information content (AvgIpc) is 2.70. The third-order valence-corrected chi connectivity index (χ3v) is 4.50. The molecule has 142 valence electrons. The predicted octanol–water partition coefficient (Wildman–Crippen LogP) is 4.81. The molecule has 0 saturated heterocycles. The van der Waals surface area contributed by atoms with Gasteiger partial charge in [0.1, 0.15) is 18.1 Å². The zero-order chi connectivity index (χ0) is 19.9. The molecule has 0 aliphatic heterocycles. The van der Waals surface area contributed by atoms with Crippen LogP contribution in [0.3, 0.4) is 0 Å². The fourth-order valence-corrected chi connectivity index (χ4v) is 2.79. The molecule has 0 bridgehead atoms. The number of nitrogens with one attached hydrogen (secondary N) is 1. The van der Waals surface area contributed by atoms with Crippen LogP contribution in [0.25, 0.3) is 0 Å². The molecule has 0 aromatic heterocycles. The van der Waals surface area contributed by atoms with Crippen LogP contribution < -0.4 is 10.2 Å². The SMILES string of the molecule is Cc1ccc(COc2ccc(C(=O)N/N=C/c3cc(Br)ccc3O)cc2)cc1. The summed E-state index contributed by atoms with van der Waals surface area (Å²) < 4.78 is 6.54. The Hall–Kier alpha value is -3.12. The number of aryl methyl sites for hydroxylation is 1. The van der Waals surface area contributed by atoms with Gasteiger partial charge in [-0.05, 0) is 55.0 Å². The zero-order valence-electron chi connectivity index (χ0n) is 15.2. The van der Waals surface area contributed by atoms with Crippen LogP contribution in [-0.4, -0.2) is 17.2 Å². The monoisotopic (exact) mass is 438 g/mol. The molecule has 5 nitrogen and oxygen atoms in total. The van der Waals surface area contributed by atoms with Crippen LogP contribution in [0.1, 0.15) is 27.0 Å². The second-order valence-electron chi connectivity index (χ2n) is 6.20. The Kier molecular flexibility index (Phi) is 6.45. The zero-order valence-corrected chi connectivity index (χ0v) is 16.8. The van der Waals surface area contributed by atoms with E-state index in [1.807, 2.05) is 31.2 Å². The number of hydrogen-bond acceptors (Lipinski definition) is 4. The highest BCUT2D eigenvalue weighted by molar-refractivity contribution is 9.10. The number of hydrazone groups is 1. The second-order valence-corrected chi connectivity index (χ2v) is 7.12. The van der Waals surface area contributed by atoms with Crippen molar-refractivity contribution in [3.63, 3.8) is 0 Å². The molecular formula is C22H19BrN2O3. The Morgan fingerprint density at radius 3 is 2.54 bits per heavy atom. The van der Waals surface area contributed by atoms with Crippen molar-refractivity contribution in [2.75, 3.05) is 0 Å². The lowest BCUT2D eigenvalue weighted by molar-refractivity contribution is 0.0955. The molecule has 0 aliphatic carbocycles. The quantitative estimate of drug-likeness (QED) is 0.428. The lowest BCUT2D eigenvalue weighted by Gasteiger charge is -2.07. The van der Waals surface area contributed by atoms with Crippen LogP contribution in [0.2, 0.25) is 0 Å². The summed E-state index contributed by atoms with van der Waals surface area (Å²) in [6.45, 7) is 2.51. The van der Waals surface area contributed by atoms with E-state index in [1.54, 1.807) is 42.5 Å². The lowest BCUT2D eigenvalue weighted by atomic mass is 10.2. The molecular weight excluding hydrogens is 420 g/mol. The Labute approximate surface area is 171 Å². The normalized spacial score (nSPS) is 10.8. The topological polar surface area (TPSA) is 70.9 Å². The Morgan fingerprint density at radius 2 is 1.82 bits per heavy atom. The maximum absolute atomic E-state index is 12.2. The summed E-state index contributed by atoms with van der Waals surface area (Å²) in [5.41, 5.74) is 5.68. The van der Waals surface area contributed by atoms with Crippen LogP contribution >= 0.6 is 15.9 Å². The number of ether oxygens (including phenoxy) is 1. The fourth-order valence-electron chi connectivity index (χ4n) is 2.41. The number of hydrogen-bond donors (Lipinski definition) is 2. The number of phenols is 1. The second kappa shape index (κ2) is 9.19. The van der Waals surface area contributed by atoms with Crippen molar-refractivity contribution >= 4 is 28.1 Å². The third-order valence-electron chi connectivity index (χ3n) is 4.00. The highest BCUT2D eigenvalue weighted by Crippen LogP contribution is 2.20. The molecule has 0 atom stereocenters. The number of phenolic OH excluding ortho intramolecular Hbond substituents is 1. The largest absolute Gasteiger partial charge is 0.507 e. The highest BCUT2D eigenvalue weighted by Gasteiger charge is 2.05. The average molecular weight is 439 g/mol. The fraction of sp³-hybridized carbons (Fsp3) is 0.0909. The van der Waals surface area contributed by atoms with Gasteiger partial charge in [-0.25, -0.2) is 5.43 Å². The summed E-state index contributed by atoms with van der Waals surface area (Å²) in [4.78, 5) is 12.2. The number of carbonyl (C=O) groups excluding carboxylic acids is 1. The van der Waals surface area contributed by atoms with Crippen molar-refractivity contribution in [3.8, 4) is 11.5 Å². The summed E-state index contributed by atoms with van der Waals surface area (Å²) in [6, 6.07) is 19.9. The molecule has 2 N–H and O–H groups in total. The van der Waals surface area contributed by atoms with Crippen molar-refractivity contribution in [2.45, 2.75) is 13.5 Å². The minimum absolute atomic E-state index is 0.0799. The number of aromatic hydroxyl groups is 1. The van der Waals surface area contributed by atoms with Gasteiger partial charge in [0.25, 0.3) is 5.91 Å². The number of carbonyl (C=O) groups is 1. The van der Waals surface area contributed by atoms with Gasteiger partial charge in [0.2, 0.25) is 0 Å². The number of benzene rings is 3. The third kappa shape index (κ3) is 5.44. The van der Waals surface area contributed by atoms with E-state index in [2.05, 4.69) is 26.5 Å². The molecule has 3 rings (SSSR count). The van der Waals surface area contributed by atoms with E-state index in [4.69, 9.17) is 4.74 Å². The lowest BCUT2D eigenvalue weighted by Crippen LogP contribution is -2.17. The van der Waals surface area contributed by atoms with E-state index >= 15 is 0 Å². The summed E-state index contributed by atoms with van der Waals surface area (Å²) in [5, 5.41) is 13.6. The summed E-state index contributed by atoms with van der Waals surface area (Å²) in [5.74, 6) is 0.409. The van der Waals surface area contributed by atoms with E-state index in [1.165, 1.54) is 11.8 Å². The van der Waals surface area contributed by atoms with E-state index in [0.717, 1.165) is 10.0 Å². The van der Waals surface area contributed by atoms with Crippen molar-refractivity contribution < 1.29 is 14.6 Å². The van der Waals surface area contributed by atoms with Gasteiger partial charge in [-0.1, -0.05) is 45.8 Å². The molecule has 0 unspecified atom stereocenters. The first-order valence-corrected chi connectivity index (χ1v) is 9.41. The molecule has 1 amide bonds.